The SMILES string of the molecule is O=C1CCC(C(CC(=O)OCc2ccccc2)c2ccc(Cl)c(Cl)c2)N1. The average molecular weight is 392 g/mol. The molecule has 1 N–H and O–H groups in total. The quantitative estimate of drug-likeness (QED) is 0.737. The fraction of sp³-hybridized carbons (Fsp3) is 0.300. The van der Waals surface area contributed by atoms with Crippen molar-refractivity contribution < 1.29 is 14.3 Å². The highest BCUT2D eigenvalue weighted by Gasteiger charge is 2.32. The van der Waals surface area contributed by atoms with Gasteiger partial charge in [0.15, 0.2) is 0 Å². The predicted octanol–water partition coefficient (Wildman–Crippen LogP) is 4.49. The van der Waals surface area contributed by atoms with Gasteiger partial charge >= 0.3 is 5.97 Å². The van der Waals surface area contributed by atoms with Crippen molar-refractivity contribution in [3.8, 4) is 0 Å². The minimum Gasteiger partial charge on any atom is -0.461 e. The van der Waals surface area contributed by atoms with Crippen molar-refractivity contribution in [3.05, 3.63) is 69.7 Å². The average Bonchev–Trinajstić information content (AvgIpc) is 3.07. The summed E-state index contributed by atoms with van der Waals surface area (Å²) in [7, 11) is 0. The lowest BCUT2D eigenvalue weighted by Gasteiger charge is -2.23. The fourth-order valence-corrected chi connectivity index (χ4v) is 3.46. The van der Waals surface area contributed by atoms with Gasteiger partial charge in [-0.1, -0.05) is 59.6 Å². The van der Waals surface area contributed by atoms with E-state index in [-0.39, 0.29) is 36.9 Å². The molecule has 6 heteroatoms. The van der Waals surface area contributed by atoms with Crippen molar-refractivity contribution in [2.75, 3.05) is 0 Å². The number of esters is 1. The summed E-state index contributed by atoms with van der Waals surface area (Å²) in [5, 5.41) is 3.82. The van der Waals surface area contributed by atoms with Crippen LogP contribution in [0.15, 0.2) is 48.5 Å². The summed E-state index contributed by atoms with van der Waals surface area (Å²) >= 11 is 12.1. The molecule has 0 spiro atoms. The third-order valence-corrected chi connectivity index (χ3v) is 5.25. The van der Waals surface area contributed by atoms with Crippen molar-refractivity contribution in [2.45, 2.75) is 37.8 Å². The lowest BCUT2D eigenvalue weighted by molar-refractivity contribution is -0.145. The second kappa shape index (κ2) is 8.56. The second-order valence-electron chi connectivity index (χ2n) is 6.34. The number of halogens is 2. The lowest BCUT2D eigenvalue weighted by Crippen LogP contribution is -2.33. The summed E-state index contributed by atoms with van der Waals surface area (Å²) in [6.45, 7) is 0.227. The van der Waals surface area contributed by atoms with E-state index in [4.69, 9.17) is 27.9 Å². The molecule has 2 aromatic rings. The van der Waals surface area contributed by atoms with E-state index < -0.39 is 0 Å². The van der Waals surface area contributed by atoms with E-state index in [1.165, 1.54) is 0 Å². The van der Waals surface area contributed by atoms with Gasteiger partial charge in [-0.15, -0.1) is 0 Å². The molecule has 26 heavy (non-hydrogen) atoms. The van der Waals surface area contributed by atoms with Crippen LogP contribution in [0.25, 0.3) is 0 Å². The van der Waals surface area contributed by atoms with Crippen molar-refractivity contribution in [1.29, 1.82) is 0 Å². The molecule has 0 saturated carbocycles. The van der Waals surface area contributed by atoms with Crippen LogP contribution < -0.4 is 5.32 Å². The Bertz CT molecular complexity index is 795. The molecule has 1 aliphatic heterocycles. The van der Waals surface area contributed by atoms with Crippen molar-refractivity contribution in [2.24, 2.45) is 0 Å². The number of hydrogen-bond acceptors (Lipinski definition) is 3. The first-order chi connectivity index (χ1) is 12.5. The Morgan fingerprint density at radius 2 is 1.92 bits per heavy atom. The van der Waals surface area contributed by atoms with Crippen LogP contribution in [-0.2, 0) is 20.9 Å². The van der Waals surface area contributed by atoms with E-state index in [9.17, 15) is 9.59 Å². The highest BCUT2D eigenvalue weighted by atomic mass is 35.5. The largest absolute Gasteiger partial charge is 0.461 e. The van der Waals surface area contributed by atoms with Crippen LogP contribution >= 0.6 is 23.2 Å². The third-order valence-electron chi connectivity index (χ3n) is 4.52. The molecular formula is C20H19Cl2NO3. The topological polar surface area (TPSA) is 55.4 Å². The van der Waals surface area contributed by atoms with E-state index >= 15 is 0 Å². The van der Waals surface area contributed by atoms with Gasteiger partial charge in [0.25, 0.3) is 0 Å². The molecular weight excluding hydrogens is 373 g/mol. The normalized spacial score (nSPS) is 17.6. The molecule has 0 aliphatic carbocycles. The molecule has 2 unspecified atom stereocenters. The molecule has 1 fully saturated rings. The van der Waals surface area contributed by atoms with Crippen LogP contribution in [0.3, 0.4) is 0 Å². The predicted molar refractivity (Wildman–Crippen MR) is 101 cm³/mol. The van der Waals surface area contributed by atoms with Crippen LogP contribution in [0.4, 0.5) is 0 Å². The Labute approximate surface area is 162 Å². The number of nitrogens with one attached hydrogen (secondary N) is 1. The Kier molecular flexibility index (Phi) is 6.17. The number of carbonyl (C=O) groups is 2. The Balaban J connectivity index is 1.71. The summed E-state index contributed by atoms with van der Waals surface area (Å²) in [6, 6.07) is 14.7. The summed E-state index contributed by atoms with van der Waals surface area (Å²) in [6.07, 6.45) is 1.30. The van der Waals surface area contributed by atoms with Crippen LogP contribution in [-0.4, -0.2) is 17.9 Å². The van der Waals surface area contributed by atoms with Crippen LogP contribution in [0.5, 0.6) is 0 Å². The monoisotopic (exact) mass is 391 g/mol. The molecule has 1 heterocycles. The first-order valence-corrected chi connectivity index (χ1v) is 9.22. The summed E-state index contributed by atoms with van der Waals surface area (Å²) in [4.78, 5) is 24.0. The minimum atomic E-state index is -0.314. The molecule has 3 rings (SSSR count). The van der Waals surface area contributed by atoms with E-state index in [0.717, 1.165) is 11.1 Å². The molecule has 136 valence electrons. The van der Waals surface area contributed by atoms with E-state index in [2.05, 4.69) is 5.32 Å². The van der Waals surface area contributed by atoms with Crippen LogP contribution in [0.1, 0.15) is 36.3 Å². The smallest absolute Gasteiger partial charge is 0.306 e. The number of ether oxygens (including phenoxy) is 1. The maximum absolute atomic E-state index is 12.4. The molecule has 4 nitrogen and oxygen atoms in total. The van der Waals surface area contributed by atoms with Crippen molar-refractivity contribution in [3.63, 3.8) is 0 Å². The maximum atomic E-state index is 12.4. The van der Waals surface area contributed by atoms with Gasteiger partial charge in [-0.2, -0.15) is 0 Å². The summed E-state index contributed by atoms with van der Waals surface area (Å²) < 4.78 is 5.41. The van der Waals surface area contributed by atoms with Crippen molar-refractivity contribution in [1.82, 2.24) is 5.32 Å². The van der Waals surface area contributed by atoms with Gasteiger partial charge < -0.3 is 10.1 Å². The Morgan fingerprint density at radius 1 is 1.15 bits per heavy atom. The van der Waals surface area contributed by atoms with E-state index in [1.807, 2.05) is 36.4 Å². The molecule has 0 radical (unpaired) electrons. The Hall–Kier alpha value is -2.04. The molecule has 1 amide bonds. The second-order valence-corrected chi connectivity index (χ2v) is 7.16. The number of rotatable bonds is 6. The van der Waals surface area contributed by atoms with Crippen LogP contribution in [0, 0.1) is 0 Å². The molecule has 2 aromatic carbocycles. The van der Waals surface area contributed by atoms with E-state index in [1.54, 1.807) is 12.1 Å². The van der Waals surface area contributed by atoms with Gasteiger partial charge in [-0.25, -0.2) is 0 Å². The fourth-order valence-electron chi connectivity index (χ4n) is 3.15. The zero-order valence-electron chi connectivity index (χ0n) is 14.1. The lowest BCUT2D eigenvalue weighted by atomic mass is 9.87. The standard InChI is InChI=1S/C20H19Cl2NO3/c21-16-7-6-14(10-17(16)22)15(18-8-9-19(24)23-18)11-20(25)26-12-13-4-2-1-3-5-13/h1-7,10,15,18H,8-9,11-12H2,(H,23,24). The molecule has 1 aliphatic rings. The van der Waals surface area contributed by atoms with E-state index in [0.29, 0.717) is 22.9 Å². The number of carbonyl (C=O) groups excluding carboxylic acids is 2. The first kappa shape index (κ1) is 18.7. The highest BCUT2D eigenvalue weighted by Crippen LogP contribution is 2.33. The van der Waals surface area contributed by atoms with Gasteiger partial charge in [-0.05, 0) is 29.7 Å². The Morgan fingerprint density at radius 3 is 2.58 bits per heavy atom. The maximum Gasteiger partial charge on any atom is 0.306 e. The van der Waals surface area contributed by atoms with Gasteiger partial charge in [0.05, 0.1) is 16.5 Å². The summed E-state index contributed by atoms with van der Waals surface area (Å²) in [5.74, 6) is -0.525. The molecule has 2 atom stereocenters. The van der Waals surface area contributed by atoms with Crippen LogP contribution in [0.2, 0.25) is 10.0 Å². The third kappa shape index (κ3) is 4.77. The number of hydrogen-bond donors (Lipinski definition) is 1. The zero-order valence-corrected chi connectivity index (χ0v) is 15.6. The van der Waals surface area contributed by atoms with Gasteiger partial charge in [0, 0.05) is 18.4 Å². The number of amides is 1. The van der Waals surface area contributed by atoms with Crippen molar-refractivity contribution >= 4 is 35.1 Å². The highest BCUT2D eigenvalue weighted by molar-refractivity contribution is 6.42. The zero-order chi connectivity index (χ0) is 18.5. The van der Waals surface area contributed by atoms with Gasteiger partial charge in [-0.3, -0.25) is 9.59 Å². The van der Waals surface area contributed by atoms with Gasteiger partial charge in [0.2, 0.25) is 5.91 Å². The van der Waals surface area contributed by atoms with Gasteiger partial charge in [0.1, 0.15) is 6.61 Å². The summed E-state index contributed by atoms with van der Waals surface area (Å²) in [5.41, 5.74) is 1.80. The minimum absolute atomic E-state index is 0.00212. The molecule has 0 aromatic heterocycles. The first-order valence-electron chi connectivity index (χ1n) is 8.47. The molecule has 1 saturated heterocycles. The molecule has 0 bridgehead atoms. The number of benzene rings is 2.